The van der Waals surface area contributed by atoms with Crippen LogP contribution < -0.4 is 5.32 Å². The summed E-state index contributed by atoms with van der Waals surface area (Å²) in [6.45, 7) is 3.30. The van der Waals surface area contributed by atoms with Gasteiger partial charge in [-0.25, -0.2) is 4.39 Å². The predicted octanol–water partition coefficient (Wildman–Crippen LogP) is 3.98. The van der Waals surface area contributed by atoms with Crippen molar-refractivity contribution in [2.45, 2.75) is 32.0 Å². The molecule has 0 heterocycles. The molecule has 7 heteroatoms. The van der Waals surface area contributed by atoms with Gasteiger partial charge in [0.15, 0.2) is 0 Å². The third-order valence-electron chi connectivity index (χ3n) is 2.72. The van der Waals surface area contributed by atoms with E-state index in [0.717, 1.165) is 12.1 Å². The van der Waals surface area contributed by atoms with E-state index in [4.69, 9.17) is 11.6 Å². The maximum absolute atomic E-state index is 13.8. The van der Waals surface area contributed by atoms with Crippen molar-refractivity contribution in [1.29, 1.82) is 0 Å². The second-order valence-electron chi connectivity index (χ2n) is 4.94. The Bertz CT molecular complexity index is 500. The molecule has 0 aliphatic rings. The number of benzene rings is 1. The second-order valence-corrected chi connectivity index (χ2v) is 5.32. The molecule has 0 fully saturated rings. The van der Waals surface area contributed by atoms with E-state index >= 15 is 0 Å². The van der Waals surface area contributed by atoms with Crippen LogP contribution in [0.5, 0.6) is 0 Å². The third-order valence-corrected chi connectivity index (χ3v) is 2.91. The molecule has 20 heavy (non-hydrogen) atoms. The van der Waals surface area contributed by atoms with Gasteiger partial charge in [0.25, 0.3) is 5.91 Å². The Labute approximate surface area is 119 Å². The molecule has 0 aliphatic heterocycles. The molecule has 1 aromatic rings. The van der Waals surface area contributed by atoms with Gasteiger partial charge >= 0.3 is 6.18 Å². The maximum Gasteiger partial charge on any atom is 0.419 e. The lowest BCUT2D eigenvalue weighted by Crippen LogP contribution is -2.44. The van der Waals surface area contributed by atoms with Crippen molar-refractivity contribution >= 4 is 17.5 Å². The first kappa shape index (κ1) is 16.8. The van der Waals surface area contributed by atoms with Crippen molar-refractivity contribution in [2.75, 3.05) is 5.88 Å². The van der Waals surface area contributed by atoms with Crippen LogP contribution in [0.3, 0.4) is 0 Å². The first-order valence-electron chi connectivity index (χ1n) is 5.82. The summed E-state index contributed by atoms with van der Waals surface area (Å²) in [5.74, 6) is -2.21. The fraction of sp³-hybridized carbons (Fsp3) is 0.462. The SMILES string of the molecule is CC(C)(CCCl)NC(=O)c1cccc(C(F)(F)F)c1F. The highest BCUT2D eigenvalue weighted by molar-refractivity contribution is 6.17. The number of nitrogens with one attached hydrogen (secondary N) is 1. The monoisotopic (exact) mass is 311 g/mol. The van der Waals surface area contributed by atoms with Crippen LogP contribution in [0.25, 0.3) is 0 Å². The summed E-state index contributed by atoms with van der Waals surface area (Å²) in [5.41, 5.74) is -2.83. The molecule has 0 saturated carbocycles. The summed E-state index contributed by atoms with van der Waals surface area (Å²) in [5, 5.41) is 2.46. The smallest absolute Gasteiger partial charge is 0.347 e. The fourth-order valence-electron chi connectivity index (χ4n) is 1.60. The zero-order valence-electron chi connectivity index (χ0n) is 10.9. The number of hydrogen-bond donors (Lipinski definition) is 1. The molecule has 0 radical (unpaired) electrons. The lowest BCUT2D eigenvalue weighted by molar-refractivity contribution is -0.140. The Morgan fingerprint density at radius 2 is 1.90 bits per heavy atom. The van der Waals surface area contributed by atoms with Crippen LogP contribution in [-0.4, -0.2) is 17.3 Å². The average Bonchev–Trinajstić information content (AvgIpc) is 2.26. The summed E-state index contributed by atoms with van der Waals surface area (Å²) < 4.78 is 51.5. The van der Waals surface area contributed by atoms with Gasteiger partial charge in [-0.1, -0.05) is 6.07 Å². The van der Waals surface area contributed by atoms with E-state index in [-0.39, 0.29) is 5.88 Å². The van der Waals surface area contributed by atoms with Crippen LogP contribution in [0.15, 0.2) is 18.2 Å². The van der Waals surface area contributed by atoms with Crippen molar-refractivity contribution in [3.63, 3.8) is 0 Å². The molecule has 1 aromatic carbocycles. The first-order valence-corrected chi connectivity index (χ1v) is 6.36. The van der Waals surface area contributed by atoms with E-state index in [1.807, 2.05) is 0 Å². The number of alkyl halides is 4. The summed E-state index contributed by atoms with van der Waals surface area (Å²) >= 11 is 5.56. The molecule has 112 valence electrons. The number of carbonyl (C=O) groups is 1. The average molecular weight is 312 g/mol. The minimum absolute atomic E-state index is 0.262. The van der Waals surface area contributed by atoms with Crippen molar-refractivity contribution in [3.8, 4) is 0 Å². The Hall–Kier alpha value is -1.30. The summed E-state index contributed by atoms with van der Waals surface area (Å²) in [4.78, 5) is 11.9. The van der Waals surface area contributed by atoms with Gasteiger partial charge < -0.3 is 5.32 Å². The Balaban J connectivity index is 3.06. The molecule has 0 aliphatic carbocycles. The second kappa shape index (κ2) is 5.99. The van der Waals surface area contributed by atoms with Gasteiger partial charge in [-0.15, -0.1) is 11.6 Å². The van der Waals surface area contributed by atoms with Gasteiger partial charge in [-0.2, -0.15) is 13.2 Å². The Morgan fingerprint density at radius 3 is 2.40 bits per heavy atom. The fourth-order valence-corrected chi connectivity index (χ4v) is 2.07. The lowest BCUT2D eigenvalue weighted by atomic mass is 10.0. The topological polar surface area (TPSA) is 29.1 Å². The zero-order valence-corrected chi connectivity index (χ0v) is 11.7. The molecule has 0 atom stereocenters. The number of hydrogen-bond acceptors (Lipinski definition) is 1. The van der Waals surface area contributed by atoms with E-state index in [0.29, 0.717) is 12.5 Å². The van der Waals surface area contributed by atoms with E-state index < -0.39 is 34.6 Å². The van der Waals surface area contributed by atoms with Gasteiger partial charge in [0.1, 0.15) is 5.82 Å². The number of amides is 1. The van der Waals surface area contributed by atoms with Crippen molar-refractivity contribution in [1.82, 2.24) is 5.32 Å². The molecule has 0 bridgehead atoms. The zero-order chi connectivity index (χ0) is 15.6. The Morgan fingerprint density at radius 1 is 1.30 bits per heavy atom. The minimum atomic E-state index is -4.84. The van der Waals surface area contributed by atoms with Crippen molar-refractivity contribution in [3.05, 3.63) is 35.1 Å². The molecule has 0 saturated heterocycles. The Kier molecular flexibility index (Phi) is 5.02. The van der Waals surface area contributed by atoms with Crippen LogP contribution in [-0.2, 0) is 6.18 Å². The normalized spacial score (nSPS) is 12.3. The van der Waals surface area contributed by atoms with Crippen LogP contribution >= 0.6 is 11.6 Å². The maximum atomic E-state index is 13.8. The van der Waals surface area contributed by atoms with E-state index in [1.54, 1.807) is 13.8 Å². The quantitative estimate of drug-likeness (QED) is 0.661. The van der Waals surface area contributed by atoms with Crippen molar-refractivity contribution in [2.24, 2.45) is 0 Å². The highest BCUT2D eigenvalue weighted by atomic mass is 35.5. The van der Waals surface area contributed by atoms with Gasteiger partial charge in [-0.05, 0) is 32.4 Å². The van der Waals surface area contributed by atoms with Crippen LogP contribution in [0.1, 0.15) is 36.2 Å². The standard InChI is InChI=1S/C13H14ClF4NO/c1-12(2,6-7-14)19-11(20)8-4-3-5-9(10(8)15)13(16,17)18/h3-5H,6-7H2,1-2H3,(H,19,20). The first-order chi connectivity index (χ1) is 9.08. The largest absolute Gasteiger partial charge is 0.419 e. The van der Waals surface area contributed by atoms with Gasteiger partial charge in [0.2, 0.25) is 0 Å². The van der Waals surface area contributed by atoms with Crippen LogP contribution in [0, 0.1) is 5.82 Å². The van der Waals surface area contributed by atoms with Crippen molar-refractivity contribution < 1.29 is 22.4 Å². The van der Waals surface area contributed by atoms with Gasteiger partial charge in [0, 0.05) is 11.4 Å². The highest BCUT2D eigenvalue weighted by Gasteiger charge is 2.36. The number of rotatable bonds is 4. The molecule has 0 unspecified atom stereocenters. The third kappa shape index (κ3) is 4.10. The van der Waals surface area contributed by atoms with E-state index in [9.17, 15) is 22.4 Å². The van der Waals surface area contributed by atoms with E-state index in [2.05, 4.69) is 5.32 Å². The van der Waals surface area contributed by atoms with Crippen LogP contribution in [0.2, 0.25) is 0 Å². The minimum Gasteiger partial charge on any atom is -0.347 e. The molecule has 0 spiro atoms. The molecular formula is C13H14ClF4NO. The van der Waals surface area contributed by atoms with Gasteiger partial charge in [-0.3, -0.25) is 4.79 Å². The van der Waals surface area contributed by atoms with Gasteiger partial charge in [0.05, 0.1) is 11.1 Å². The lowest BCUT2D eigenvalue weighted by Gasteiger charge is -2.25. The van der Waals surface area contributed by atoms with E-state index in [1.165, 1.54) is 0 Å². The number of halogens is 5. The predicted molar refractivity (Wildman–Crippen MR) is 68.3 cm³/mol. The molecular weight excluding hydrogens is 298 g/mol. The molecule has 1 rings (SSSR count). The summed E-state index contributed by atoms with van der Waals surface area (Å²) in [6, 6.07) is 2.60. The molecule has 0 aromatic heterocycles. The summed E-state index contributed by atoms with van der Waals surface area (Å²) in [7, 11) is 0. The molecule has 1 amide bonds. The number of carbonyl (C=O) groups excluding carboxylic acids is 1. The molecule has 1 N–H and O–H groups in total. The summed E-state index contributed by atoms with van der Waals surface area (Å²) in [6.07, 6.45) is -4.44. The highest BCUT2D eigenvalue weighted by Crippen LogP contribution is 2.32. The van der Waals surface area contributed by atoms with Crippen LogP contribution in [0.4, 0.5) is 17.6 Å². The molecule has 2 nitrogen and oxygen atoms in total.